The molecule has 0 radical (unpaired) electrons. The normalized spacial score (nSPS) is 11.4. The van der Waals surface area contributed by atoms with Gasteiger partial charge in [0.1, 0.15) is 0 Å². The van der Waals surface area contributed by atoms with Crippen molar-refractivity contribution >= 4 is 10.4 Å². The summed E-state index contributed by atoms with van der Waals surface area (Å²) in [6.07, 6.45) is 5.27. The zero-order valence-electron chi connectivity index (χ0n) is 25.3. The molecule has 3 aromatic heterocycles. The zero-order chi connectivity index (χ0) is 30.4. The first kappa shape index (κ1) is 29.9. The van der Waals surface area contributed by atoms with E-state index in [9.17, 15) is 0 Å². The number of rotatable bonds is 6. The highest BCUT2D eigenvalue weighted by Crippen LogP contribution is 2.74. The largest absolute Gasteiger partial charge is 0.256 e. The van der Waals surface area contributed by atoms with Gasteiger partial charge in [-0.2, -0.15) is 3.89 Å². The van der Waals surface area contributed by atoms with E-state index in [1.807, 2.05) is 144 Å². The lowest BCUT2D eigenvalue weighted by Gasteiger charge is -2.37. The molecule has 3 aromatic carbocycles. The fourth-order valence-corrected chi connectivity index (χ4v) is 8.33. The first-order valence-corrected chi connectivity index (χ1v) is 16.1. The predicted octanol–water partition coefficient (Wildman–Crippen LogP) is 11.0. The minimum atomic E-state index is -3.40. The zero-order valence-corrected chi connectivity index (χ0v) is 26.1. The molecule has 0 N–H and O–H groups in total. The molecule has 0 amide bonds. The summed E-state index contributed by atoms with van der Waals surface area (Å²) in [6.45, 7) is 10.0. The Balaban J connectivity index is 0.00000180. The molecule has 216 valence electrons. The van der Waals surface area contributed by atoms with Crippen LogP contribution < -0.4 is 0 Å². The van der Waals surface area contributed by atoms with Crippen molar-refractivity contribution in [3.05, 3.63) is 144 Å². The van der Waals surface area contributed by atoms with Crippen LogP contribution in [0.2, 0.25) is 0 Å². The second-order valence-electron chi connectivity index (χ2n) is 10.2. The second-order valence-corrected chi connectivity index (χ2v) is 12.6. The monoisotopic (exact) mass is 585 g/mol. The van der Waals surface area contributed by atoms with Crippen LogP contribution in [-0.4, -0.2) is 15.0 Å². The second kappa shape index (κ2) is 13.1. The minimum absolute atomic E-state index is 0.613. The van der Waals surface area contributed by atoms with Crippen LogP contribution in [0.5, 0.6) is 0 Å². The van der Waals surface area contributed by atoms with E-state index in [-0.39, 0.29) is 0 Å². The van der Waals surface area contributed by atoms with Gasteiger partial charge in [-0.15, -0.1) is 0 Å². The molecule has 3 nitrogen and oxygen atoms in total. The van der Waals surface area contributed by atoms with Gasteiger partial charge in [0.2, 0.25) is 0 Å². The highest BCUT2D eigenvalue weighted by molar-refractivity contribution is 8.30. The SMILES string of the molecule is CC.Cc1ccc(-c2ccccn2)c(S(F)(c2cc(C)ccc2-c2ccccn2)c2cc(C)ccc2-c2ccccn2)c1. The molecule has 6 rings (SSSR count). The molecule has 0 aliphatic rings. The molecular weight excluding hydrogens is 550 g/mol. The van der Waals surface area contributed by atoms with Gasteiger partial charge >= 0.3 is 0 Å². The number of nitrogens with zero attached hydrogens (tertiary/aromatic N) is 3. The predicted molar refractivity (Wildman–Crippen MR) is 178 cm³/mol. The first-order chi connectivity index (χ1) is 20.9. The maximum atomic E-state index is 19.4. The Labute approximate surface area is 256 Å². The van der Waals surface area contributed by atoms with Crippen LogP contribution in [0.15, 0.2) is 142 Å². The van der Waals surface area contributed by atoms with Crippen molar-refractivity contribution in [1.29, 1.82) is 0 Å². The van der Waals surface area contributed by atoms with Crippen LogP contribution in [0.25, 0.3) is 33.8 Å². The number of benzene rings is 3. The summed E-state index contributed by atoms with van der Waals surface area (Å²) in [6, 6.07) is 35.4. The van der Waals surface area contributed by atoms with Gasteiger partial charge in [-0.05, 0) is 102 Å². The number of aromatic nitrogens is 3. The van der Waals surface area contributed by atoms with E-state index >= 15 is 3.89 Å². The Morgan fingerprint density at radius 2 is 0.744 bits per heavy atom. The van der Waals surface area contributed by atoms with E-state index in [0.717, 1.165) is 50.5 Å². The number of pyridine rings is 3. The summed E-state index contributed by atoms with van der Waals surface area (Å²) in [5.41, 5.74) is 7.46. The van der Waals surface area contributed by atoms with Crippen LogP contribution in [0.4, 0.5) is 3.89 Å². The van der Waals surface area contributed by atoms with Crippen LogP contribution >= 0.6 is 10.4 Å². The van der Waals surface area contributed by atoms with Crippen LogP contribution in [0.1, 0.15) is 30.5 Å². The van der Waals surface area contributed by atoms with Crippen LogP contribution in [-0.2, 0) is 0 Å². The molecule has 0 atom stereocenters. The van der Waals surface area contributed by atoms with E-state index < -0.39 is 10.4 Å². The molecule has 0 fully saturated rings. The molecule has 0 aliphatic carbocycles. The van der Waals surface area contributed by atoms with Gasteiger partial charge in [-0.1, -0.05) is 68.4 Å². The third kappa shape index (κ3) is 5.99. The maximum absolute atomic E-state index is 19.4. The van der Waals surface area contributed by atoms with E-state index in [1.165, 1.54) is 0 Å². The fourth-order valence-electron chi connectivity index (χ4n) is 5.14. The number of hydrogen-bond acceptors (Lipinski definition) is 3. The molecule has 3 heterocycles. The van der Waals surface area contributed by atoms with Crippen molar-refractivity contribution in [1.82, 2.24) is 15.0 Å². The van der Waals surface area contributed by atoms with Crippen molar-refractivity contribution in [2.75, 3.05) is 0 Å². The molecule has 6 aromatic rings. The van der Waals surface area contributed by atoms with E-state index in [4.69, 9.17) is 0 Å². The Kier molecular flexibility index (Phi) is 9.13. The fraction of sp³-hybridized carbons (Fsp3) is 0.132. The highest BCUT2D eigenvalue weighted by atomic mass is 32.3. The highest BCUT2D eigenvalue weighted by Gasteiger charge is 2.38. The molecule has 5 heteroatoms. The first-order valence-electron chi connectivity index (χ1n) is 14.5. The van der Waals surface area contributed by atoms with Crippen molar-refractivity contribution in [2.24, 2.45) is 0 Å². The smallest absolute Gasteiger partial charge is 0.0713 e. The van der Waals surface area contributed by atoms with Gasteiger partial charge in [0, 0.05) is 50.0 Å². The minimum Gasteiger partial charge on any atom is -0.256 e. The molecule has 0 bridgehead atoms. The van der Waals surface area contributed by atoms with Gasteiger partial charge in [0.05, 0.1) is 17.1 Å². The number of hydrogen-bond donors (Lipinski definition) is 0. The summed E-state index contributed by atoms with van der Waals surface area (Å²) in [5.74, 6) is 0. The Bertz CT molecular complexity index is 1610. The summed E-state index contributed by atoms with van der Waals surface area (Å²) in [7, 11) is -3.40. The quantitative estimate of drug-likeness (QED) is 0.195. The van der Waals surface area contributed by atoms with Crippen LogP contribution in [0.3, 0.4) is 0 Å². The van der Waals surface area contributed by atoms with Crippen molar-refractivity contribution in [3.63, 3.8) is 0 Å². The lowest BCUT2D eigenvalue weighted by atomic mass is 10.1. The lowest BCUT2D eigenvalue weighted by molar-refractivity contribution is 0.869. The molecule has 0 aliphatic heterocycles. The van der Waals surface area contributed by atoms with Crippen molar-refractivity contribution < 1.29 is 3.89 Å². The third-order valence-corrected chi connectivity index (χ3v) is 9.97. The average Bonchev–Trinajstić information content (AvgIpc) is 3.06. The van der Waals surface area contributed by atoms with E-state index in [1.54, 1.807) is 18.6 Å². The molecule has 43 heavy (non-hydrogen) atoms. The molecular formula is C38H36FN3S. The Morgan fingerprint density at radius 1 is 0.442 bits per heavy atom. The van der Waals surface area contributed by atoms with E-state index in [2.05, 4.69) is 15.0 Å². The number of aryl methyl sites for hydroxylation is 3. The van der Waals surface area contributed by atoms with Gasteiger partial charge in [0.25, 0.3) is 0 Å². The van der Waals surface area contributed by atoms with Gasteiger partial charge in [-0.3, -0.25) is 15.0 Å². The van der Waals surface area contributed by atoms with Crippen molar-refractivity contribution in [3.8, 4) is 33.8 Å². The molecule has 0 saturated carbocycles. The molecule has 0 spiro atoms. The van der Waals surface area contributed by atoms with Gasteiger partial charge < -0.3 is 0 Å². The van der Waals surface area contributed by atoms with Crippen LogP contribution in [0, 0.1) is 20.8 Å². The Hall–Kier alpha value is -4.61. The topological polar surface area (TPSA) is 38.7 Å². The number of halogens is 1. The summed E-state index contributed by atoms with van der Waals surface area (Å²) < 4.78 is 19.4. The van der Waals surface area contributed by atoms with Crippen molar-refractivity contribution in [2.45, 2.75) is 49.3 Å². The maximum Gasteiger partial charge on any atom is 0.0713 e. The van der Waals surface area contributed by atoms with E-state index in [0.29, 0.717) is 14.7 Å². The summed E-state index contributed by atoms with van der Waals surface area (Å²) >= 11 is 0. The average molecular weight is 586 g/mol. The Morgan fingerprint density at radius 3 is 1.00 bits per heavy atom. The third-order valence-electron chi connectivity index (χ3n) is 7.14. The summed E-state index contributed by atoms with van der Waals surface area (Å²) in [5, 5.41) is 0. The lowest BCUT2D eigenvalue weighted by Crippen LogP contribution is -2.06. The van der Waals surface area contributed by atoms with Gasteiger partial charge in [0.15, 0.2) is 0 Å². The van der Waals surface area contributed by atoms with Gasteiger partial charge in [-0.25, -0.2) is 0 Å². The summed E-state index contributed by atoms with van der Waals surface area (Å²) in [4.78, 5) is 15.8. The molecule has 0 saturated heterocycles. The molecule has 0 unspecified atom stereocenters. The standard InChI is InChI=1S/C36H30FN3S.C2H6/c1-25-13-16-28(31-10-4-7-19-38-31)34(22-25)41(37,35-23-26(2)14-17-29(35)32-11-5-8-20-39-32)36-24-27(3)15-18-30(36)33-12-6-9-21-40-33;1-2/h4-24H,1-3H3;1-2H3.